The first kappa shape index (κ1) is 12.1. The molecular formula is C11H18ClFN2O. The van der Waals surface area contributed by atoms with Crippen molar-refractivity contribution in [3.8, 4) is 0 Å². The third kappa shape index (κ3) is 2.33. The fourth-order valence-corrected chi connectivity index (χ4v) is 3.13. The van der Waals surface area contributed by atoms with Crippen molar-refractivity contribution in [1.82, 2.24) is 9.80 Å². The summed E-state index contributed by atoms with van der Waals surface area (Å²) in [6.45, 7) is 2.44. The molecule has 2 aliphatic rings. The second-order valence-corrected chi connectivity index (χ2v) is 5.21. The second kappa shape index (κ2) is 4.88. The van der Waals surface area contributed by atoms with Crippen molar-refractivity contribution in [3.63, 3.8) is 0 Å². The summed E-state index contributed by atoms with van der Waals surface area (Å²) in [4.78, 5) is 15.4. The zero-order chi connectivity index (χ0) is 11.7. The first-order valence-corrected chi connectivity index (χ1v) is 6.30. The number of halogens is 2. The molecule has 0 spiro atoms. The van der Waals surface area contributed by atoms with E-state index in [4.69, 9.17) is 11.6 Å². The highest BCUT2D eigenvalue weighted by molar-refractivity contribution is 6.29. The van der Waals surface area contributed by atoms with Crippen LogP contribution in [0.15, 0.2) is 0 Å². The molecule has 3 nitrogen and oxygen atoms in total. The van der Waals surface area contributed by atoms with Crippen molar-refractivity contribution in [2.75, 3.05) is 26.7 Å². The zero-order valence-electron chi connectivity index (χ0n) is 9.53. The molecule has 3 atom stereocenters. The fourth-order valence-electron chi connectivity index (χ4n) is 2.99. The van der Waals surface area contributed by atoms with Gasteiger partial charge in [-0.15, -0.1) is 0 Å². The topological polar surface area (TPSA) is 23.6 Å². The Morgan fingerprint density at radius 3 is 2.88 bits per heavy atom. The number of nitrogens with zero attached hydrogens (tertiary/aromatic N) is 2. The Morgan fingerprint density at radius 1 is 1.44 bits per heavy atom. The molecular weight excluding hydrogens is 231 g/mol. The molecule has 0 aromatic rings. The van der Waals surface area contributed by atoms with E-state index in [1.54, 1.807) is 4.90 Å². The third-order valence-electron chi connectivity index (χ3n) is 3.84. The van der Waals surface area contributed by atoms with Crippen LogP contribution in [0.1, 0.15) is 19.3 Å². The van der Waals surface area contributed by atoms with Crippen LogP contribution in [0.25, 0.3) is 0 Å². The first-order chi connectivity index (χ1) is 7.59. The van der Waals surface area contributed by atoms with Gasteiger partial charge in [0.25, 0.3) is 11.5 Å². The smallest absolute Gasteiger partial charge is 0.272 e. The van der Waals surface area contributed by atoms with Gasteiger partial charge in [-0.3, -0.25) is 4.79 Å². The minimum absolute atomic E-state index is 0.492. The minimum atomic E-state index is -1.88. The maximum absolute atomic E-state index is 12.7. The molecule has 2 fully saturated rings. The fraction of sp³-hybridized carbons (Fsp3) is 0.909. The molecule has 0 aromatic carbocycles. The third-order valence-corrected chi connectivity index (χ3v) is 4.03. The van der Waals surface area contributed by atoms with Crippen molar-refractivity contribution in [2.24, 2.45) is 5.92 Å². The predicted octanol–water partition coefficient (Wildman–Crippen LogP) is 1.46. The summed E-state index contributed by atoms with van der Waals surface area (Å²) in [7, 11) is 2.13. The molecule has 2 heterocycles. The summed E-state index contributed by atoms with van der Waals surface area (Å²) in [5, 5.41) is 0. The number of likely N-dealkylation sites (tertiary alicyclic amines) is 2. The molecule has 0 radical (unpaired) electrons. The van der Waals surface area contributed by atoms with E-state index in [2.05, 4.69) is 11.9 Å². The van der Waals surface area contributed by atoms with Crippen LogP contribution in [0.2, 0.25) is 0 Å². The summed E-state index contributed by atoms with van der Waals surface area (Å²) in [5.41, 5.74) is -1.88. The van der Waals surface area contributed by atoms with E-state index in [1.807, 2.05) is 0 Å². The van der Waals surface area contributed by atoms with Gasteiger partial charge in [0.15, 0.2) is 0 Å². The number of fused-ring (bicyclic) bond motifs is 1. The molecule has 0 saturated carbocycles. The highest BCUT2D eigenvalue weighted by Gasteiger charge is 2.36. The molecule has 0 aromatic heterocycles. The Labute approximate surface area is 101 Å². The van der Waals surface area contributed by atoms with Crippen molar-refractivity contribution in [1.29, 1.82) is 0 Å². The molecule has 3 unspecified atom stereocenters. The van der Waals surface area contributed by atoms with Gasteiger partial charge in [-0.05, 0) is 38.8 Å². The molecule has 0 N–H and O–H groups in total. The van der Waals surface area contributed by atoms with Gasteiger partial charge >= 0.3 is 0 Å². The quantitative estimate of drug-likeness (QED) is 0.656. The van der Waals surface area contributed by atoms with Gasteiger partial charge in [-0.25, -0.2) is 4.39 Å². The summed E-state index contributed by atoms with van der Waals surface area (Å²) >= 11 is 5.20. The Morgan fingerprint density at radius 2 is 2.19 bits per heavy atom. The number of carbonyl (C=O) groups excluding carboxylic acids is 1. The second-order valence-electron chi connectivity index (χ2n) is 4.82. The van der Waals surface area contributed by atoms with Crippen LogP contribution < -0.4 is 0 Å². The molecule has 1 amide bonds. The van der Waals surface area contributed by atoms with Crippen molar-refractivity contribution in [3.05, 3.63) is 0 Å². The van der Waals surface area contributed by atoms with E-state index in [0.717, 1.165) is 19.4 Å². The number of carbonyl (C=O) groups is 1. The Balaban J connectivity index is 1.97. The lowest BCUT2D eigenvalue weighted by molar-refractivity contribution is -0.137. The summed E-state index contributed by atoms with van der Waals surface area (Å²) < 4.78 is 12.7. The molecule has 0 bridgehead atoms. The lowest BCUT2D eigenvalue weighted by Gasteiger charge is -2.45. The molecule has 5 heteroatoms. The van der Waals surface area contributed by atoms with Gasteiger partial charge in [0.1, 0.15) is 0 Å². The molecule has 92 valence electrons. The lowest BCUT2D eigenvalue weighted by atomic mass is 9.84. The summed E-state index contributed by atoms with van der Waals surface area (Å²) in [6.07, 6.45) is 3.24. The van der Waals surface area contributed by atoms with E-state index in [9.17, 15) is 9.18 Å². The van der Waals surface area contributed by atoms with E-state index in [0.29, 0.717) is 25.0 Å². The Bertz CT molecular complexity index is 275. The van der Waals surface area contributed by atoms with Crippen molar-refractivity contribution in [2.45, 2.75) is 30.9 Å². The molecule has 0 aliphatic carbocycles. The standard InChI is InChI=1S/C11H18ClFN2O/c1-14-5-2-3-8-7-15(6-4-9(8)14)11(16)10(12)13/h8-10H,2-7H2,1H3. The molecule has 2 rings (SSSR count). The monoisotopic (exact) mass is 248 g/mol. The van der Waals surface area contributed by atoms with Crippen molar-refractivity contribution >= 4 is 17.5 Å². The maximum atomic E-state index is 12.7. The van der Waals surface area contributed by atoms with E-state index < -0.39 is 11.5 Å². The lowest BCUT2D eigenvalue weighted by Crippen LogP contribution is -2.54. The number of hydrogen-bond acceptors (Lipinski definition) is 2. The van der Waals surface area contributed by atoms with Gasteiger partial charge < -0.3 is 9.80 Å². The van der Waals surface area contributed by atoms with Crippen LogP contribution in [-0.2, 0) is 4.79 Å². The zero-order valence-corrected chi connectivity index (χ0v) is 10.3. The SMILES string of the molecule is CN1CCCC2CN(C(=O)C(F)Cl)CCC21. The highest BCUT2D eigenvalue weighted by atomic mass is 35.5. The number of hydrogen-bond donors (Lipinski definition) is 0. The Kier molecular flexibility index (Phi) is 3.70. The van der Waals surface area contributed by atoms with Gasteiger partial charge in [0.05, 0.1) is 0 Å². The number of piperidine rings is 2. The predicted molar refractivity (Wildman–Crippen MR) is 61.1 cm³/mol. The van der Waals surface area contributed by atoms with Crippen molar-refractivity contribution < 1.29 is 9.18 Å². The molecule has 16 heavy (non-hydrogen) atoms. The van der Waals surface area contributed by atoms with E-state index >= 15 is 0 Å². The average Bonchev–Trinajstić information content (AvgIpc) is 2.28. The van der Waals surface area contributed by atoms with Crippen LogP contribution in [0.5, 0.6) is 0 Å². The molecule has 2 saturated heterocycles. The highest BCUT2D eigenvalue weighted by Crippen LogP contribution is 2.30. The van der Waals surface area contributed by atoms with Gasteiger partial charge in [0.2, 0.25) is 0 Å². The summed E-state index contributed by atoms with van der Waals surface area (Å²) in [6, 6.07) is 0.561. The normalized spacial score (nSPS) is 33.3. The summed E-state index contributed by atoms with van der Waals surface area (Å²) in [5.74, 6) is -0.0693. The van der Waals surface area contributed by atoms with Crippen LogP contribution in [0.3, 0.4) is 0 Å². The van der Waals surface area contributed by atoms with Crippen LogP contribution in [0.4, 0.5) is 4.39 Å². The number of rotatable bonds is 1. The van der Waals surface area contributed by atoms with E-state index in [1.165, 1.54) is 6.42 Å². The van der Waals surface area contributed by atoms with Crippen LogP contribution in [-0.4, -0.2) is 54.1 Å². The maximum Gasteiger partial charge on any atom is 0.272 e. The Hall–Kier alpha value is -0.350. The van der Waals surface area contributed by atoms with E-state index in [-0.39, 0.29) is 0 Å². The van der Waals surface area contributed by atoms with Gasteiger partial charge in [0, 0.05) is 19.1 Å². The first-order valence-electron chi connectivity index (χ1n) is 5.87. The molecule has 2 aliphatic heterocycles. The van der Waals surface area contributed by atoms with Crippen LogP contribution in [0, 0.1) is 5.92 Å². The number of alkyl halides is 2. The van der Waals surface area contributed by atoms with Crippen LogP contribution >= 0.6 is 11.6 Å². The largest absolute Gasteiger partial charge is 0.339 e. The van der Waals surface area contributed by atoms with Gasteiger partial charge in [-0.2, -0.15) is 0 Å². The minimum Gasteiger partial charge on any atom is -0.339 e. The van der Waals surface area contributed by atoms with Gasteiger partial charge in [-0.1, -0.05) is 11.6 Å². The number of amides is 1. The average molecular weight is 249 g/mol.